The lowest BCUT2D eigenvalue weighted by Crippen LogP contribution is -2.50. The predicted octanol–water partition coefficient (Wildman–Crippen LogP) is 1.39. The Morgan fingerprint density at radius 3 is 2.47 bits per heavy atom. The summed E-state index contributed by atoms with van der Waals surface area (Å²) in [5.74, 6) is -0.483. The maximum Gasteiger partial charge on any atom is 0.326 e. The number of fused-ring (bicyclic) bond motifs is 1. The summed E-state index contributed by atoms with van der Waals surface area (Å²) in [6, 6.07) is -0.649. The first kappa shape index (κ1) is 12.2. The quantitative estimate of drug-likeness (QED) is 0.753. The molecule has 17 heavy (non-hydrogen) atoms. The molecule has 0 aromatic rings. The molecule has 0 aromatic heterocycles. The molecular formula is C12H20N2O3. The van der Waals surface area contributed by atoms with Crippen LogP contribution in [0.4, 0.5) is 4.79 Å². The minimum Gasteiger partial charge on any atom is -0.480 e. The van der Waals surface area contributed by atoms with Gasteiger partial charge >= 0.3 is 12.0 Å². The molecule has 0 aromatic carbocycles. The lowest BCUT2D eigenvalue weighted by Gasteiger charge is -2.34. The van der Waals surface area contributed by atoms with Gasteiger partial charge in [-0.15, -0.1) is 0 Å². The number of nitrogens with zero attached hydrogens (tertiary/aromatic N) is 2. The monoisotopic (exact) mass is 240 g/mol. The Labute approximate surface area is 101 Å². The van der Waals surface area contributed by atoms with Gasteiger partial charge in [0.2, 0.25) is 0 Å². The number of aliphatic carboxylic acids is 1. The van der Waals surface area contributed by atoms with E-state index in [0.29, 0.717) is 12.3 Å². The molecule has 1 saturated heterocycles. The van der Waals surface area contributed by atoms with E-state index < -0.39 is 12.0 Å². The van der Waals surface area contributed by atoms with Gasteiger partial charge in [-0.1, -0.05) is 12.8 Å². The molecule has 2 rings (SSSR count). The van der Waals surface area contributed by atoms with Crippen molar-refractivity contribution in [1.29, 1.82) is 0 Å². The van der Waals surface area contributed by atoms with E-state index in [4.69, 9.17) is 0 Å². The van der Waals surface area contributed by atoms with Crippen molar-refractivity contribution in [2.24, 2.45) is 5.92 Å². The summed E-state index contributed by atoms with van der Waals surface area (Å²) in [5.41, 5.74) is 0. The van der Waals surface area contributed by atoms with Crippen LogP contribution in [0.2, 0.25) is 0 Å². The van der Waals surface area contributed by atoms with E-state index in [1.54, 1.807) is 19.0 Å². The van der Waals surface area contributed by atoms with Crippen LogP contribution in [0.3, 0.4) is 0 Å². The summed E-state index contributed by atoms with van der Waals surface area (Å²) >= 11 is 0. The Morgan fingerprint density at radius 1 is 1.24 bits per heavy atom. The largest absolute Gasteiger partial charge is 0.480 e. The summed E-state index contributed by atoms with van der Waals surface area (Å²) in [6.07, 6.45) is 4.90. The summed E-state index contributed by atoms with van der Waals surface area (Å²) in [5, 5.41) is 9.25. The number of carboxylic acids is 1. The van der Waals surface area contributed by atoms with Gasteiger partial charge in [0.15, 0.2) is 0 Å². The SMILES string of the molecule is CN(C)C(=O)N1C(C(=O)O)CC2CCCCC21. The molecule has 1 saturated carbocycles. The first-order valence-electron chi connectivity index (χ1n) is 6.24. The average molecular weight is 240 g/mol. The van der Waals surface area contributed by atoms with Crippen LogP contribution in [-0.4, -0.2) is 53.1 Å². The molecule has 0 bridgehead atoms. The van der Waals surface area contributed by atoms with Crippen LogP contribution in [0, 0.1) is 5.92 Å². The molecule has 5 nitrogen and oxygen atoms in total. The zero-order chi connectivity index (χ0) is 12.6. The second-order valence-electron chi connectivity index (χ2n) is 5.29. The van der Waals surface area contributed by atoms with Gasteiger partial charge in [-0.2, -0.15) is 0 Å². The maximum absolute atomic E-state index is 12.1. The van der Waals surface area contributed by atoms with Gasteiger partial charge in [-0.05, 0) is 25.2 Å². The van der Waals surface area contributed by atoms with Crippen LogP contribution in [0.5, 0.6) is 0 Å². The highest BCUT2D eigenvalue weighted by Crippen LogP contribution is 2.40. The van der Waals surface area contributed by atoms with Crippen molar-refractivity contribution < 1.29 is 14.7 Å². The van der Waals surface area contributed by atoms with Crippen molar-refractivity contribution in [3.63, 3.8) is 0 Å². The Hall–Kier alpha value is -1.26. The first-order valence-corrected chi connectivity index (χ1v) is 6.24. The van der Waals surface area contributed by atoms with Crippen LogP contribution in [0.15, 0.2) is 0 Å². The predicted molar refractivity (Wildman–Crippen MR) is 62.7 cm³/mol. The molecular weight excluding hydrogens is 220 g/mol. The standard InChI is InChI=1S/C12H20N2O3/c1-13(2)12(17)14-9-6-4-3-5-8(9)7-10(14)11(15)16/h8-10H,3-7H2,1-2H3,(H,15,16). The van der Waals surface area contributed by atoms with E-state index in [9.17, 15) is 14.7 Å². The first-order chi connectivity index (χ1) is 8.02. The molecule has 3 unspecified atom stereocenters. The number of carboxylic acid groups (broad SMARTS) is 1. The number of carbonyl (C=O) groups is 2. The topological polar surface area (TPSA) is 60.9 Å². The van der Waals surface area contributed by atoms with E-state index in [-0.39, 0.29) is 12.1 Å². The molecule has 2 aliphatic rings. The van der Waals surface area contributed by atoms with Crippen molar-refractivity contribution in [1.82, 2.24) is 9.80 Å². The van der Waals surface area contributed by atoms with Gasteiger partial charge in [-0.3, -0.25) is 0 Å². The molecule has 2 fully saturated rings. The van der Waals surface area contributed by atoms with Gasteiger partial charge in [0.1, 0.15) is 6.04 Å². The summed E-state index contributed by atoms with van der Waals surface area (Å²) in [7, 11) is 3.36. The lowest BCUT2D eigenvalue weighted by atomic mass is 9.85. The molecule has 5 heteroatoms. The Morgan fingerprint density at radius 2 is 1.88 bits per heavy atom. The highest BCUT2D eigenvalue weighted by molar-refractivity contribution is 5.83. The number of amides is 2. The molecule has 1 aliphatic heterocycles. The maximum atomic E-state index is 12.1. The highest BCUT2D eigenvalue weighted by Gasteiger charge is 2.47. The van der Waals surface area contributed by atoms with Crippen LogP contribution in [-0.2, 0) is 4.79 Å². The number of likely N-dealkylation sites (tertiary alicyclic amines) is 1. The fourth-order valence-corrected chi connectivity index (χ4v) is 3.19. The average Bonchev–Trinajstić information content (AvgIpc) is 2.67. The van der Waals surface area contributed by atoms with Gasteiger partial charge in [-0.25, -0.2) is 9.59 Å². The van der Waals surface area contributed by atoms with Crippen LogP contribution < -0.4 is 0 Å². The van der Waals surface area contributed by atoms with E-state index >= 15 is 0 Å². The lowest BCUT2D eigenvalue weighted by molar-refractivity contribution is -0.141. The van der Waals surface area contributed by atoms with Crippen LogP contribution in [0.25, 0.3) is 0 Å². The van der Waals surface area contributed by atoms with Crippen molar-refractivity contribution in [3.8, 4) is 0 Å². The second kappa shape index (κ2) is 4.55. The third-order valence-electron chi connectivity index (χ3n) is 3.98. The summed E-state index contributed by atoms with van der Waals surface area (Å²) < 4.78 is 0. The van der Waals surface area contributed by atoms with Gasteiger partial charge in [0, 0.05) is 20.1 Å². The number of carbonyl (C=O) groups excluding carboxylic acids is 1. The highest BCUT2D eigenvalue weighted by atomic mass is 16.4. The molecule has 2 amide bonds. The minimum absolute atomic E-state index is 0.139. The second-order valence-corrected chi connectivity index (χ2v) is 5.29. The number of hydrogen-bond donors (Lipinski definition) is 1. The fourth-order valence-electron chi connectivity index (χ4n) is 3.19. The smallest absolute Gasteiger partial charge is 0.326 e. The van der Waals surface area contributed by atoms with Crippen LogP contribution in [0.1, 0.15) is 32.1 Å². The number of rotatable bonds is 1. The fraction of sp³-hybridized carbons (Fsp3) is 0.833. The van der Waals surface area contributed by atoms with E-state index in [0.717, 1.165) is 25.7 Å². The third kappa shape index (κ3) is 2.10. The molecule has 1 aliphatic carbocycles. The Balaban J connectivity index is 2.23. The molecule has 96 valence electrons. The Bertz CT molecular complexity index is 330. The zero-order valence-electron chi connectivity index (χ0n) is 10.4. The molecule has 1 N–H and O–H groups in total. The van der Waals surface area contributed by atoms with Crippen LogP contribution >= 0.6 is 0 Å². The van der Waals surface area contributed by atoms with E-state index in [1.165, 1.54) is 4.90 Å². The molecule has 0 radical (unpaired) electrons. The Kier molecular flexibility index (Phi) is 3.26. The summed E-state index contributed by atoms with van der Waals surface area (Å²) in [4.78, 5) is 26.5. The van der Waals surface area contributed by atoms with Gasteiger partial charge < -0.3 is 14.9 Å². The normalized spacial score (nSPS) is 32.1. The van der Waals surface area contributed by atoms with E-state index in [2.05, 4.69) is 0 Å². The number of hydrogen-bond acceptors (Lipinski definition) is 2. The zero-order valence-corrected chi connectivity index (χ0v) is 10.4. The number of urea groups is 1. The summed E-state index contributed by atoms with van der Waals surface area (Å²) in [6.45, 7) is 0. The molecule has 1 heterocycles. The van der Waals surface area contributed by atoms with E-state index in [1.807, 2.05) is 0 Å². The van der Waals surface area contributed by atoms with Crippen molar-refractivity contribution in [3.05, 3.63) is 0 Å². The van der Waals surface area contributed by atoms with Gasteiger partial charge in [0.25, 0.3) is 0 Å². The third-order valence-corrected chi connectivity index (χ3v) is 3.98. The molecule has 3 atom stereocenters. The molecule has 0 spiro atoms. The minimum atomic E-state index is -0.866. The van der Waals surface area contributed by atoms with Gasteiger partial charge in [0.05, 0.1) is 0 Å². The van der Waals surface area contributed by atoms with Crippen molar-refractivity contribution in [2.75, 3.05) is 14.1 Å². The van der Waals surface area contributed by atoms with Crippen molar-refractivity contribution >= 4 is 12.0 Å². The van der Waals surface area contributed by atoms with Crippen molar-refractivity contribution in [2.45, 2.75) is 44.2 Å².